The van der Waals surface area contributed by atoms with Gasteiger partial charge in [0.1, 0.15) is 5.69 Å². The van der Waals surface area contributed by atoms with Crippen LogP contribution >= 0.6 is 0 Å². The predicted octanol–water partition coefficient (Wildman–Crippen LogP) is 4.29. The molecule has 1 amide bonds. The smallest absolute Gasteiger partial charge is 0.256 e. The zero-order chi connectivity index (χ0) is 32.7. The van der Waals surface area contributed by atoms with E-state index in [1.807, 2.05) is 31.2 Å². The summed E-state index contributed by atoms with van der Waals surface area (Å²) in [7, 11) is 3.70. The number of nitrogens with zero attached hydrogens (tertiary/aromatic N) is 6. The lowest BCUT2D eigenvalue weighted by atomic mass is 10.0. The molecule has 4 aromatic rings. The fourth-order valence-electron chi connectivity index (χ4n) is 4.92. The van der Waals surface area contributed by atoms with E-state index < -0.39 is 5.60 Å². The number of rotatable bonds is 10. The van der Waals surface area contributed by atoms with E-state index in [1.54, 1.807) is 50.3 Å². The molecule has 0 spiro atoms. The van der Waals surface area contributed by atoms with E-state index in [-0.39, 0.29) is 5.91 Å². The lowest BCUT2D eigenvalue weighted by molar-refractivity contribution is 0.0649. The Morgan fingerprint density at radius 3 is 2.43 bits per heavy atom. The molecule has 2 aromatic carbocycles. The molecule has 11 nitrogen and oxygen atoms in total. The van der Waals surface area contributed by atoms with E-state index in [0.717, 1.165) is 49.5 Å². The van der Waals surface area contributed by atoms with Crippen LogP contribution in [0.15, 0.2) is 61.1 Å². The van der Waals surface area contributed by atoms with Gasteiger partial charge in [-0.25, -0.2) is 9.97 Å². The number of hydrogen-bond donors (Lipinski definition) is 3. The maximum absolute atomic E-state index is 13.1. The number of anilines is 3. The van der Waals surface area contributed by atoms with Crippen molar-refractivity contribution >= 4 is 23.2 Å². The summed E-state index contributed by atoms with van der Waals surface area (Å²) < 4.78 is 7.09. The first-order chi connectivity index (χ1) is 22.0. The van der Waals surface area contributed by atoms with E-state index in [9.17, 15) is 9.90 Å². The Hall–Kier alpha value is -4.76. The van der Waals surface area contributed by atoms with Crippen LogP contribution in [0.25, 0.3) is 0 Å². The van der Waals surface area contributed by atoms with Gasteiger partial charge in [-0.3, -0.25) is 14.4 Å². The molecule has 3 heterocycles. The van der Waals surface area contributed by atoms with Gasteiger partial charge in [0.05, 0.1) is 24.5 Å². The molecule has 1 aliphatic heterocycles. The van der Waals surface area contributed by atoms with Crippen LogP contribution < -0.4 is 15.4 Å². The third kappa shape index (κ3) is 9.14. The van der Waals surface area contributed by atoms with E-state index in [1.165, 1.54) is 5.56 Å². The van der Waals surface area contributed by atoms with Crippen molar-refractivity contribution in [3.63, 3.8) is 0 Å². The van der Waals surface area contributed by atoms with E-state index in [0.29, 0.717) is 41.6 Å². The highest BCUT2D eigenvalue weighted by Gasteiger charge is 2.16. The number of aryl methyl sites for hydroxylation is 2. The number of amides is 1. The molecule has 1 aliphatic rings. The van der Waals surface area contributed by atoms with Gasteiger partial charge in [0.15, 0.2) is 0 Å². The van der Waals surface area contributed by atoms with Crippen molar-refractivity contribution in [3.8, 4) is 17.7 Å². The Labute approximate surface area is 270 Å². The average Bonchev–Trinajstić information content (AvgIpc) is 3.43. The molecule has 46 heavy (non-hydrogen) atoms. The predicted molar refractivity (Wildman–Crippen MR) is 179 cm³/mol. The second-order valence-electron chi connectivity index (χ2n) is 12.3. The fraction of sp³-hybridized carbons (Fsp3) is 0.371. The number of methoxy groups -OCH3 is 1. The molecular formula is C35H42N8O3. The van der Waals surface area contributed by atoms with Crippen molar-refractivity contribution in [1.29, 1.82) is 0 Å². The number of aromatic nitrogens is 4. The fourth-order valence-corrected chi connectivity index (χ4v) is 4.92. The van der Waals surface area contributed by atoms with E-state index in [2.05, 4.69) is 66.5 Å². The molecule has 2 aromatic heterocycles. The van der Waals surface area contributed by atoms with Gasteiger partial charge in [0.2, 0.25) is 5.95 Å². The number of piperazine rings is 1. The standard InChI is InChI=1S/C35H42N8O3/c1-25-6-10-29(32(44)38-30-12-8-26(9-13-30)23-42-18-16-41(4)17-19-42)20-28(25)11-7-27-21-36-34(37-22-27)39-31-24-43(40-33(31)46-5)15-14-35(2,3)45/h6,8-10,12-13,20-22,24,45H,14-19,23H2,1-5H3,(H,38,44)(H,36,37,39). The summed E-state index contributed by atoms with van der Waals surface area (Å²) in [4.78, 5) is 26.7. The van der Waals surface area contributed by atoms with Gasteiger partial charge >= 0.3 is 0 Å². The SMILES string of the molecule is COc1nn(CCC(C)(C)O)cc1Nc1ncc(C#Cc2cc(C(=O)Nc3ccc(CN4CCN(C)CC4)cc3)ccc2C)cn1. The van der Waals surface area contributed by atoms with Crippen molar-refractivity contribution in [1.82, 2.24) is 29.5 Å². The number of aliphatic hydroxyl groups is 1. The van der Waals surface area contributed by atoms with Crippen LogP contribution in [-0.4, -0.2) is 86.5 Å². The molecular weight excluding hydrogens is 580 g/mol. The Kier molecular flexibility index (Phi) is 10.3. The molecule has 0 atom stereocenters. The topological polar surface area (TPSA) is 121 Å². The number of carbonyl (C=O) groups is 1. The van der Waals surface area contributed by atoms with Crippen molar-refractivity contribution in [2.45, 2.75) is 45.9 Å². The first-order valence-corrected chi connectivity index (χ1v) is 15.4. The Bertz CT molecular complexity index is 1690. The van der Waals surface area contributed by atoms with Crippen LogP contribution in [0.1, 0.15) is 52.9 Å². The van der Waals surface area contributed by atoms with Gasteiger partial charge in [0, 0.05) is 68.5 Å². The Morgan fingerprint density at radius 2 is 1.76 bits per heavy atom. The molecule has 0 aliphatic carbocycles. The summed E-state index contributed by atoms with van der Waals surface area (Å²) in [5, 5.41) is 20.5. The molecule has 5 rings (SSSR count). The first kappa shape index (κ1) is 32.6. The maximum atomic E-state index is 13.1. The Morgan fingerprint density at radius 1 is 1.04 bits per heavy atom. The van der Waals surface area contributed by atoms with Crippen LogP contribution in [0.4, 0.5) is 17.3 Å². The highest BCUT2D eigenvalue weighted by molar-refractivity contribution is 6.04. The highest BCUT2D eigenvalue weighted by Crippen LogP contribution is 2.25. The minimum atomic E-state index is -0.795. The number of carbonyl (C=O) groups excluding carboxylic acids is 1. The van der Waals surface area contributed by atoms with Crippen molar-refractivity contribution in [2.75, 3.05) is 51.0 Å². The zero-order valence-electron chi connectivity index (χ0n) is 27.2. The second-order valence-corrected chi connectivity index (χ2v) is 12.3. The summed E-state index contributed by atoms with van der Waals surface area (Å²) in [5.74, 6) is 6.85. The molecule has 1 saturated heterocycles. The van der Waals surface area contributed by atoms with Gasteiger partial charge in [0.25, 0.3) is 11.8 Å². The molecule has 0 unspecified atom stereocenters. The van der Waals surface area contributed by atoms with Crippen LogP contribution in [0, 0.1) is 18.8 Å². The van der Waals surface area contributed by atoms with Crippen molar-refractivity contribution in [3.05, 3.63) is 88.9 Å². The summed E-state index contributed by atoms with van der Waals surface area (Å²) in [6.07, 6.45) is 5.59. The molecule has 0 saturated carbocycles. The third-order valence-corrected chi connectivity index (χ3v) is 7.83. The molecule has 3 N–H and O–H groups in total. The van der Waals surface area contributed by atoms with Crippen molar-refractivity contribution in [2.24, 2.45) is 0 Å². The zero-order valence-corrected chi connectivity index (χ0v) is 27.2. The Balaban J connectivity index is 1.19. The number of likely N-dealkylation sites (N-methyl/N-ethyl adjacent to an activating group) is 1. The summed E-state index contributed by atoms with van der Waals surface area (Å²) in [6, 6.07) is 13.6. The van der Waals surface area contributed by atoms with Crippen LogP contribution in [0.5, 0.6) is 5.88 Å². The number of hydrogen-bond acceptors (Lipinski definition) is 9. The van der Waals surface area contributed by atoms with Gasteiger partial charge in [-0.05, 0) is 69.6 Å². The monoisotopic (exact) mass is 622 g/mol. The summed E-state index contributed by atoms with van der Waals surface area (Å²) in [5.41, 5.74) is 4.68. The molecule has 240 valence electrons. The molecule has 11 heteroatoms. The highest BCUT2D eigenvalue weighted by atomic mass is 16.5. The molecule has 1 fully saturated rings. The third-order valence-electron chi connectivity index (χ3n) is 7.83. The van der Waals surface area contributed by atoms with Gasteiger partial charge in [-0.2, -0.15) is 0 Å². The minimum Gasteiger partial charge on any atom is -0.478 e. The van der Waals surface area contributed by atoms with Gasteiger partial charge in [-0.15, -0.1) is 5.10 Å². The van der Waals surface area contributed by atoms with Crippen LogP contribution in [-0.2, 0) is 13.1 Å². The second kappa shape index (κ2) is 14.6. The van der Waals surface area contributed by atoms with Gasteiger partial charge < -0.3 is 25.4 Å². The van der Waals surface area contributed by atoms with E-state index in [4.69, 9.17) is 4.74 Å². The summed E-state index contributed by atoms with van der Waals surface area (Å²) >= 11 is 0. The van der Waals surface area contributed by atoms with Crippen LogP contribution in [0.2, 0.25) is 0 Å². The van der Waals surface area contributed by atoms with Crippen LogP contribution in [0.3, 0.4) is 0 Å². The first-order valence-electron chi connectivity index (χ1n) is 15.4. The number of nitrogens with one attached hydrogen (secondary N) is 2. The van der Waals surface area contributed by atoms with E-state index >= 15 is 0 Å². The maximum Gasteiger partial charge on any atom is 0.256 e. The molecule has 0 radical (unpaired) electrons. The number of benzene rings is 2. The lowest BCUT2D eigenvalue weighted by Gasteiger charge is -2.32. The van der Waals surface area contributed by atoms with Gasteiger partial charge in [-0.1, -0.05) is 30.0 Å². The largest absolute Gasteiger partial charge is 0.478 e. The molecule has 0 bridgehead atoms. The normalized spacial score (nSPS) is 14.0. The minimum absolute atomic E-state index is 0.188. The quantitative estimate of drug-likeness (QED) is 0.223. The lowest BCUT2D eigenvalue weighted by Crippen LogP contribution is -2.43. The van der Waals surface area contributed by atoms with Crippen molar-refractivity contribution < 1.29 is 14.6 Å². The number of ether oxygens (including phenoxy) is 1. The summed E-state index contributed by atoms with van der Waals surface area (Å²) in [6.45, 7) is 11.2. The average molecular weight is 623 g/mol.